The largest absolute Gasteiger partial charge is 0.383 e. The van der Waals surface area contributed by atoms with Crippen molar-refractivity contribution in [2.24, 2.45) is 10.4 Å². The van der Waals surface area contributed by atoms with E-state index in [9.17, 15) is 0 Å². The number of rotatable bonds is 5. The first-order valence-electron chi connectivity index (χ1n) is 7.40. The first-order valence-corrected chi connectivity index (χ1v) is 7.40. The summed E-state index contributed by atoms with van der Waals surface area (Å²) in [6.45, 7) is 14.7. The van der Waals surface area contributed by atoms with Gasteiger partial charge in [0, 0.05) is 19.1 Å². The molecule has 0 bridgehead atoms. The highest BCUT2D eigenvalue weighted by Crippen LogP contribution is 2.27. The second-order valence-electron chi connectivity index (χ2n) is 6.36. The van der Waals surface area contributed by atoms with Crippen LogP contribution in [0.25, 0.3) is 0 Å². The SMILES string of the molecule is C=CC(CC)N=C(N1CCC[C@H]1COC)C(C)(C)C. The first kappa shape index (κ1) is 16.2. The molecule has 1 rings (SSSR count). The van der Waals surface area contributed by atoms with Crippen LogP contribution in [-0.4, -0.2) is 43.1 Å². The van der Waals surface area contributed by atoms with Crippen LogP contribution in [0, 0.1) is 5.41 Å². The minimum atomic E-state index is 0.0623. The Morgan fingerprint density at radius 1 is 1.53 bits per heavy atom. The molecular weight excluding hydrogens is 236 g/mol. The lowest BCUT2D eigenvalue weighted by Gasteiger charge is -2.35. The molecule has 1 aliphatic heterocycles. The Hall–Kier alpha value is -0.830. The molecule has 0 aromatic rings. The standard InChI is InChI=1S/C16H30N2O/c1-7-13(8-2)17-15(16(3,4)5)18-11-9-10-14(18)12-19-6/h7,13-14H,1,8-12H2,2-6H3/t13?,14-/m0/s1. The number of aliphatic imine (C=N–C) groups is 1. The molecule has 0 aromatic carbocycles. The van der Waals surface area contributed by atoms with E-state index >= 15 is 0 Å². The van der Waals surface area contributed by atoms with Gasteiger partial charge in [0.15, 0.2) is 0 Å². The van der Waals surface area contributed by atoms with Gasteiger partial charge in [-0.05, 0) is 19.3 Å². The van der Waals surface area contributed by atoms with Crippen molar-refractivity contribution in [1.29, 1.82) is 0 Å². The molecule has 0 radical (unpaired) electrons. The van der Waals surface area contributed by atoms with Gasteiger partial charge in [0.25, 0.3) is 0 Å². The summed E-state index contributed by atoms with van der Waals surface area (Å²) >= 11 is 0. The van der Waals surface area contributed by atoms with Gasteiger partial charge in [0.2, 0.25) is 0 Å². The summed E-state index contributed by atoms with van der Waals surface area (Å²) in [4.78, 5) is 7.42. The van der Waals surface area contributed by atoms with Crippen LogP contribution in [0.4, 0.5) is 0 Å². The molecule has 0 N–H and O–H groups in total. The van der Waals surface area contributed by atoms with Crippen LogP contribution in [0.5, 0.6) is 0 Å². The van der Waals surface area contributed by atoms with E-state index in [1.165, 1.54) is 18.7 Å². The Kier molecular flexibility index (Phi) is 6.05. The van der Waals surface area contributed by atoms with Gasteiger partial charge in [-0.15, -0.1) is 6.58 Å². The van der Waals surface area contributed by atoms with E-state index in [1.807, 2.05) is 6.08 Å². The lowest BCUT2D eigenvalue weighted by molar-refractivity contribution is 0.141. The van der Waals surface area contributed by atoms with Crippen molar-refractivity contribution in [1.82, 2.24) is 4.90 Å². The van der Waals surface area contributed by atoms with Crippen molar-refractivity contribution in [2.75, 3.05) is 20.3 Å². The third-order valence-corrected chi connectivity index (χ3v) is 3.66. The van der Waals surface area contributed by atoms with E-state index in [1.54, 1.807) is 7.11 Å². The third kappa shape index (κ3) is 4.34. The van der Waals surface area contributed by atoms with Gasteiger partial charge in [-0.25, -0.2) is 0 Å². The average molecular weight is 266 g/mol. The average Bonchev–Trinajstić information content (AvgIpc) is 2.77. The molecule has 3 nitrogen and oxygen atoms in total. The number of nitrogens with zero attached hydrogens (tertiary/aromatic N) is 2. The fourth-order valence-electron chi connectivity index (χ4n) is 2.65. The van der Waals surface area contributed by atoms with Gasteiger partial charge in [-0.3, -0.25) is 4.99 Å². The molecule has 110 valence electrons. The summed E-state index contributed by atoms with van der Waals surface area (Å²) in [7, 11) is 1.78. The highest BCUT2D eigenvalue weighted by molar-refractivity contribution is 5.88. The van der Waals surface area contributed by atoms with Crippen LogP contribution < -0.4 is 0 Å². The molecule has 0 amide bonds. The summed E-state index contributed by atoms with van der Waals surface area (Å²) in [5, 5.41) is 0. The van der Waals surface area contributed by atoms with Crippen molar-refractivity contribution >= 4 is 5.84 Å². The van der Waals surface area contributed by atoms with Crippen LogP contribution in [0.1, 0.15) is 47.0 Å². The van der Waals surface area contributed by atoms with Crippen LogP contribution in [0.3, 0.4) is 0 Å². The molecule has 1 heterocycles. The summed E-state index contributed by atoms with van der Waals surface area (Å²) < 4.78 is 5.36. The quantitative estimate of drug-likeness (QED) is 0.432. The maximum Gasteiger partial charge on any atom is 0.105 e. The Morgan fingerprint density at radius 2 is 2.21 bits per heavy atom. The van der Waals surface area contributed by atoms with Crippen molar-refractivity contribution in [3.8, 4) is 0 Å². The smallest absolute Gasteiger partial charge is 0.105 e. The summed E-state index contributed by atoms with van der Waals surface area (Å²) in [6.07, 6.45) is 5.39. The van der Waals surface area contributed by atoms with Crippen molar-refractivity contribution in [2.45, 2.75) is 59.0 Å². The second kappa shape index (κ2) is 7.09. The maximum absolute atomic E-state index is 5.36. The number of methoxy groups -OCH3 is 1. The van der Waals surface area contributed by atoms with Crippen LogP contribution >= 0.6 is 0 Å². The highest BCUT2D eigenvalue weighted by Gasteiger charge is 2.33. The molecule has 1 aliphatic rings. The fourth-order valence-corrected chi connectivity index (χ4v) is 2.65. The zero-order chi connectivity index (χ0) is 14.5. The molecular formula is C16H30N2O. The van der Waals surface area contributed by atoms with Gasteiger partial charge >= 0.3 is 0 Å². The lowest BCUT2D eigenvalue weighted by Crippen LogP contribution is -2.45. The van der Waals surface area contributed by atoms with Crippen LogP contribution in [0.2, 0.25) is 0 Å². The number of likely N-dealkylation sites (tertiary alicyclic amines) is 1. The predicted molar refractivity (Wildman–Crippen MR) is 82.8 cm³/mol. The molecule has 0 saturated carbocycles. The van der Waals surface area contributed by atoms with E-state index in [4.69, 9.17) is 9.73 Å². The summed E-state index contributed by atoms with van der Waals surface area (Å²) in [5.41, 5.74) is 0.0623. The molecule has 2 atom stereocenters. The molecule has 1 fully saturated rings. The van der Waals surface area contributed by atoms with Crippen molar-refractivity contribution in [3.05, 3.63) is 12.7 Å². The van der Waals surface area contributed by atoms with Crippen molar-refractivity contribution < 1.29 is 4.74 Å². The Bertz CT molecular complexity index is 317. The molecule has 0 aliphatic carbocycles. The molecule has 1 unspecified atom stereocenters. The zero-order valence-corrected chi connectivity index (χ0v) is 13.3. The van der Waals surface area contributed by atoms with E-state index in [2.05, 4.69) is 39.2 Å². The minimum Gasteiger partial charge on any atom is -0.383 e. The summed E-state index contributed by atoms with van der Waals surface area (Å²) in [6, 6.07) is 0.698. The molecule has 3 heteroatoms. The predicted octanol–water partition coefficient (Wildman–Crippen LogP) is 3.51. The van der Waals surface area contributed by atoms with Gasteiger partial charge < -0.3 is 9.64 Å². The Balaban J connectivity index is 3.00. The Labute approximate surface area is 118 Å². The third-order valence-electron chi connectivity index (χ3n) is 3.66. The molecule has 0 spiro atoms. The van der Waals surface area contributed by atoms with Crippen molar-refractivity contribution in [3.63, 3.8) is 0 Å². The number of hydrogen-bond acceptors (Lipinski definition) is 2. The van der Waals surface area contributed by atoms with Gasteiger partial charge in [0.05, 0.1) is 18.7 Å². The Morgan fingerprint density at radius 3 is 2.68 bits per heavy atom. The topological polar surface area (TPSA) is 24.8 Å². The lowest BCUT2D eigenvalue weighted by atomic mass is 9.93. The number of hydrogen-bond donors (Lipinski definition) is 0. The highest BCUT2D eigenvalue weighted by atomic mass is 16.5. The van der Waals surface area contributed by atoms with E-state index in [0.29, 0.717) is 6.04 Å². The minimum absolute atomic E-state index is 0.0623. The van der Waals surface area contributed by atoms with E-state index < -0.39 is 0 Å². The monoisotopic (exact) mass is 266 g/mol. The normalized spacial score (nSPS) is 22.7. The maximum atomic E-state index is 5.36. The number of ether oxygens (including phenoxy) is 1. The van der Waals surface area contributed by atoms with E-state index in [-0.39, 0.29) is 11.5 Å². The zero-order valence-electron chi connectivity index (χ0n) is 13.3. The van der Waals surface area contributed by atoms with Gasteiger partial charge in [-0.2, -0.15) is 0 Å². The second-order valence-corrected chi connectivity index (χ2v) is 6.36. The van der Waals surface area contributed by atoms with Gasteiger partial charge in [-0.1, -0.05) is 33.8 Å². The van der Waals surface area contributed by atoms with Crippen LogP contribution in [-0.2, 0) is 4.74 Å². The number of amidine groups is 1. The van der Waals surface area contributed by atoms with Crippen LogP contribution in [0.15, 0.2) is 17.6 Å². The fraction of sp³-hybridized carbons (Fsp3) is 0.812. The molecule has 0 aromatic heterocycles. The molecule has 1 saturated heterocycles. The van der Waals surface area contributed by atoms with Gasteiger partial charge in [0.1, 0.15) is 5.84 Å². The van der Waals surface area contributed by atoms with E-state index in [0.717, 1.165) is 19.6 Å². The molecule has 19 heavy (non-hydrogen) atoms. The first-order chi connectivity index (χ1) is 8.93. The summed E-state index contributed by atoms with van der Waals surface area (Å²) in [5.74, 6) is 1.21.